The molecule has 8 saturated carbocycles. The molecule has 0 radical (unpaired) electrons. The maximum Gasteiger partial charge on any atom is 0.136 e. The smallest absolute Gasteiger partial charge is 0.136 e. The highest BCUT2D eigenvalue weighted by Gasteiger charge is 2.81. The summed E-state index contributed by atoms with van der Waals surface area (Å²) in [7, 11) is 0. The number of fused-ring (bicyclic) bond motifs is 2. The molecule has 2 nitrogen and oxygen atoms in total. The van der Waals surface area contributed by atoms with Gasteiger partial charge in [-0.15, -0.1) is 0 Å². The van der Waals surface area contributed by atoms with Gasteiger partial charge in [0.1, 0.15) is 11.6 Å². The van der Waals surface area contributed by atoms with Crippen molar-refractivity contribution in [1.29, 1.82) is 0 Å². The molecule has 0 aromatic heterocycles. The summed E-state index contributed by atoms with van der Waals surface area (Å²) in [4.78, 5) is 23.6. The van der Waals surface area contributed by atoms with Crippen molar-refractivity contribution in [1.82, 2.24) is 0 Å². The van der Waals surface area contributed by atoms with E-state index in [0.717, 1.165) is 36.5 Å². The zero-order valence-electron chi connectivity index (χ0n) is 7.85. The molecule has 0 saturated heterocycles. The van der Waals surface area contributed by atoms with Gasteiger partial charge in [-0.25, -0.2) is 0 Å². The third-order valence-corrected chi connectivity index (χ3v) is 6.14. The van der Waals surface area contributed by atoms with Gasteiger partial charge in [-0.3, -0.25) is 9.59 Å². The van der Waals surface area contributed by atoms with Crippen molar-refractivity contribution in [2.75, 3.05) is 0 Å². The molecule has 0 N–H and O–H groups in total. The van der Waals surface area contributed by atoms with Crippen LogP contribution in [0.2, 0.25) is 0 Å². The molecular formula is C12H12O2. The molecule has 14 heavy (non-hydrogen) atoms. The number of hydrogen-bond acceptors (Lipinski definition) is 2. The van der Waals surface area contributed by atoms with Crippen molar-refractivity contribution in [3.63, 3.8) is 0 Å². The highest BCUT2D eigenvalue weighted by molar-refractivity contribution is 5.93. The Morgan fingerprint density at radius 1 is 0.714 bits per heavy atom. The van der Waals surface area contributed by atoms with E-state index in [0.29, 0.717) is 35.2 Å². The highest BCUT2D eigenvalue weighted by Crippen LogP contribution is 2.81. The molecule has 0 aliphatic heterocycles. The predicted octanol–water partition coefficient (Wildman–Crippen LogP) is 0.902. The Morgan fingerprint density at radius 2 is 1.43 bits per heavy atom. The molecule has 0 aromatic carbocycles. The monoisotopic (exact) mass is 188 g/mol. The van der Waals surface area contributed by atoms with E-state index in [9.17, 15) is 9.59 Å². The molecule has 8 bridgehead atoms. The molecular weight excluding hydrogens is 176 g/mol. The Hall–Kier alpha value is -0.660. The number of Topliss-reactive ketones (excluding diaryl/α,β-unsaturated/α-hetero) is 2. The van der Waals surface area contributed by atoms with Crippen LogP contribution in [0.5, 0.6) is 0 Å². The largest absolute Gasteiger partial charge is 0.299 e. The standard InChI is InChI=1S/C12H12O2/c13-5-2-4-7-3-1-6(14)10-11(7)9(4)12(10)8(3)5/h3-4,7-12H,1-2H2/t3-,4-,7-,8-,9+,10+,11-,12-/m0/s1. The molecule has 0 heterocycles. The Kier molecular flexibility index (Phi) is 0.780. The van der Waals surface area contributed by atoms with Crippen molar-refractivity contribution in [3.8, 4) is 0 Å². The van der Waals surface area contributed by atoms with Gasteiger partial charge >= 0.3 is 0 Å². The average Bonchev–Trinajstić information content (AvgIpc) is 2.10. The second kappa shape index (κ2) is 1.62. The Balaban J connectivity index is 1.75. The van der Waals surface area contributed by atoms with Crippen LogP contribution in [0.25, 0.3) is 0 Å². The van der Waals surface area contributed by atoms with Gasteiger partial charge in [0.15, 0.2) is 0 Å². The predicted molar refractivity (Wildman–Crippen MR) is 47.2 cm³/mol. The van der Waals surface area contributed by atoms with E-state index < -0.39 is 0 Å². The number of carbonyl (C=O) groups excluding carboxylic acids is 2. The summed E-state index contributed by atoms with van der Waals surface area (Å²) in [6.07, 6.45) is 1.62. The van der Waals surface area contributed by atoms with Crippen LogP contribution in [0.15, 0.2) is 0 Å². The molecule has 72 valence electrons. The third-order valence-electron chi connectivity index (χ3n) is 6.14. The minimum absolute atomic E-state index is 0.336. The second-order valence-electron chi connectivity index (χ2n) is 6.03. The molecule has 8 aliphatic carbocycles. The Labute approximate surface area is 82.0 Å². The molecule has 8 aliphatic rings. The average molecular weight is 188 g/mol. The Bertz CT molecular complexity index is 391. The lowest BCUT2D eigenvalue weighted by Gasteiger charge is -2.81. The topological polar surface area (TPSA) is 34.1 Å². The molecule has 8 rings (SSSR count). The summed E-state index contributed by atoms with van der Waals surface area (Å²) in [6.45, 7) is 0. The molecule has 0 aromatic rings. The van der Waals surface area contributed by atoms with Gasteiger partial charge in [0.25, 0.3) is 0 Å². The van der Waals surface area contributed by atoms with Crippen molar-refractivity contribution in [2.24, 2.45) is 47.3 Å². The first-order chi connectivity index (χ1) is 6.79. The van der Waals surface area contributed by atoms with E-state index >= 15 is 0 Å². The van der Waals surface area contributed by atoms with Crippen molar-refractivity contribution in [2.45, 2.75) is 12.8 Å². The zero-order chi connectivity index (χ0) is 9.19. The summed E-state index contributed by atoms with van der Waals surface area (Å²) in [6, 6.07) is 0. The van der Waals surface area contributed by atoms with Gasteiger partial charge in [0.05, 0.1) is 0 Å². The summed E-state index contributed by atoms with van der Waals surface area (Å²) in [5.41, 5.74) is 0. The van der Waals surface area contributed by atoms with Crippen LogP contribution in [0.4, 0.5) is 0 Å². The summed E-state index contributed by atoms with van der Waals surface area (Å²) < 4.78 is 0. The fourth-order valence-corrected chi connectivity index (χ4v) is 6.06. The first-order valence-corrected chi connectivity index (χ1v) is 5.84. The molecule has 0 spiro atoms. The lowest BCUT2D eigenvalue weighted by atomic mass is 9.21. The number of hydrogen-bond donors (Lipinski definition) is 0. The first kappa shape index (κ1) is 6.76. The van der Waals surface area contributed by atoms with Crippen molar-refractivity contribution in [3.05, 3.63) is 0 Å². The van der Waals surface area contributed by atoms with E-state index in [4.69, 9.17) is 0 Å². The first-order valence-electron chi connectivity index (χ1n) is 5.84. The summed E-state index contributed by atoms with van der Waals surface area (Å²) in [5, 5.41) is 0. The SMILES string of the molecule is O=C1C[C@H]2[C@@H]3[C@@H]4CC(=O)[C@H]5[C@@H]([C@H]14)[C@H]2[C@@H]53. The van der Waals surface area contributed by atoms with Gasteiger partial charge in [-0.1, -0.05) is 0 Å². The minimum atomic E-state index is 0.336. The highest BCUT2D eigenvalue weighted by atomic mass is 16.1. The van der Waals surface area contributed by atoms with E-state index in [1.54, 1.807) is 0 Å². The van der Waals surface area contributed by atoms with Crippen LogP contribution in [0.1, 0.15) is 12.8 Å². The van der Waals surface area contributed by atoms with E-state index in [1.165, 1.54) is 0 Å². The van der Waals surface area contributed by atoms with E-state index in [1.807, 2.05) is 0 Å². The lowest BCUT2D eigenvalue weighted by molar-refractivity contribution is -0.319. The lowest BCUT2D eigenvalue weighted by Crippen LogP contribution is -2.82. The summed E-state index contributed by atoms with van der Waals surface area (Å²) >= 11 is 0. The molecule has 0 unspecified atom stereocenters. The van der Waals surface area contributed by atoms with E-state index in [2.05, 4.69) is 0 Å². The minimum Gasteiger partial charge on any atom is -0.299 e. The molecule has 0 amide bonds. The molecule has 2 heteroatoms. The molecule has 8 atom stereocenters. The van der Waals surface area contributed by atoms with Crippen LogP contribution in [-0.2, 0) is 9.59 Å². The van der Waals surface area contributed by atoms with Crippen LogP contribution >= 0.6 is 0 Å². The van der Waals surface area contributed by atoms with E-state index in [-0.39, 0.29) is 0 Å². The van der Waals surface area contributed by atoms with Gasteiger partial charge in [-0.05, 0) is 35.5 Å². The summed E-state index contributed by atoms with van der Waals surface area (Å²) in [5.74, 6) is 5.81. The van der Waals surface area contributed by atoms with Crippen LogP contribution in [0, 0.1) is 47.3 Å². The maximum atomic E-state index is 11.8. The number of carbonyl (C=O) groups is 2. The maximum absolute atomic E-state index is 11.8. The van der Waals surface area contributed by atoms with Gasteiger partial charge < -0.3 is 0 Å². The third kappa shape index (κ3) is 0.396. The molecule has 8 fully saturated rings. The number of ketones is 2. The fourth-order valence-electron chi connectivity index (χ4n) is 6.06. The quantitative estimate of drug-likeness (QED) is 0.566. The van der Waals surface area contributed by atoms with Crippen LogP contribution in [0.3, 0.4) is 0 Å². The van der Waals surface area contributed by atoms with Crippen molar-refractivity contribution < 1.29 is 9.59 Å². The van der Waals surface area contributed by atoms with Gasteiger partial charge in [0, 0.05) is 24.7 Å². The van der Waals surface area contributed by atoms with Crippen molar-refractivity contribution >= 4 is 11.6 Å². The zero-order valence-corrected chi connectivity index (χ0v) is 7.85. The van der Waals surface area contributed by atoms with Crippen LogP contribution in [-0.4, -0.2) is 11.6 Å². The Morgan fingerprint density at radius 3 is 2.21 bits per heavy atom. The second-order valence-corrected chi connectivity index (χ2v) is 6.03. The van der Waals surface area contributed by atoms with Gasteiger partial charge in [-0.2, -0.15) is 0 Å². The number of rotatable bonds is 0. The van der Waals surface area contributed by atoms with Crippen LogP contribution < -0.4 is 0 Å². The van der Waals surface area contributed by atoms with Gasteiger partial charge in [0.2, 0.25) is 0 Å². The fraction of sp³-hybridized carbons (Fsp3) is 0.833. The normalized spacial score (nSPS) is 70.6.